The van der Waals surface area contributed by atoms with E-state index in [-0.39, 0.29) is 5.91 Å². The first-order valence-corrected chi connectivity index (χ1v) is 8.47. The minimum absolute atomic E-state index is 0.0291. The molecule has 2 aromatic carbocycles. The Morgan fingerprint density at radius 1 is 1.09 bits per heavy atom. The van der Waals surface area contributed by atoms with Crippen LogP contribution < -0.4 is 5.32 Å². The molecular formula is C18H17N3OS. The van der Waals surface area contributed by atoms with Crippen LogP contribution in [0.4, 0.5) is 5.69 Å². The van der Waals surface area contributed by atoms with Crippen molar-refractivity contribution in [2.45, 2.75) is 18.4 Å². The standard InChI is InChI=1S/C18H17N3OS/c1-2-13-7-3-5-9-15(13)21-17(22)11-23-18-14-8-4-6-10-16(14)19-12-20-18/h3-10,12H,2,11H2,1H3,(H,21,22). The van der Waals surface area contributed by atoms with Gasteiger partial charge in [-0.05, 0) is 24.1 Å². The maximum absolute atomic E-state index is 12.2. The van der Waals surface area contributed by atoms with Gasteiger partial charge in [-0.2, -0.15) is 0 Å². The lowest BCUT2D eigenvalue weighted by atomic mass is 10.1. The molecule has 1 amide bonds. The fraction of sp³-hybridized carbons (Fsp3) is 0.167. The van der Waals surface area contributed by atoms with E-state index in [9.17, 15) is 4.79 Å². The molecule has 3 rings (SSSR count). The molecule has 0 unspecified atom stereocenters. The number of rotatable bonds is 5. The molecule has 0 saturated heterocycles. The number of nitrogens with zero attached hydrogens (tertiary/aromatic N) is 2. The van der Waals surface area contributed by atoms with Crippen molar-refractivity contribution in [2.75, 3.05) is 11.1 Å². The Kier molecular flexibility index (Phi) is 4.88. The number of amides is 1. The monoisotopic (exact) mass is 323 g/mol. The van der Waals surface area contributed by atoms with E-state index in [0.717, 1.165) is 33.6 Å². The van der Waals surface area contributed by atoms with Crippen LogP contribution in [-0.2, 0) is 11.2 Å². The molecule has 23 heavy (non-hydrogen) atoms. The first kappa shape index (κ1) is 15.5. The van der Waals surface area contributed by atoms with Crippen molar-refractivity contribution in [1.29, 1.82) is 0 Å². The van der Waals surface area contributed by atoms with Crippen molar-refractivity contribution >= 4 is 34.3 Å². The third-order valence-corrected chi connectivity index (χ3v) is 4.52. The molecule has 116 valence electrons. The number of aromatic nitrogens is 2. The Morgan fingerprint density at radius 2 is 1.87 bits per heavy atom. The van der Waals surface area contributed by atoms with Gasteiger partial charge in [-0.1, -0.05) is 55.1 Å². The molecule has 0 aliphatic heterocycles. The van der Waals surface area contributed by atoms with E-state index in [1.54, 1.807) is 0 Å². The molecule has 0 fully saturated rings. The zero-order chi connectivity index (χ0) is 16.1. The first-order chi connectivity index (χ1) is 11.3. The van der Waals surface area contributed by atoms with Crippen molar-refractivity contribution in [3.05, 3.63) is 60.4 Å². The lowest BCUT2D eigenvalue weighted by Crippen LogP contribution is -2.15. The van der Waals surface area contributed by atoms with Gasteiger partial charge in [0.05, 0.1) is 11.3 Å². The van der Waals surface area contributed by atoms with Gasteiger partial charge in [-0.3, -0.25) is 4.79 Å². The van der Waals surface area contributed by atoms with Gasteiger partial charge in [0, 0.05) is 11.1 Å². The molecule has 1 heterocycles. The number of fused-ring (bicyclic) bond motifs is 1. The molecule has 0 bridgehead atoms. The van der Waals surface area contributed by atoms with Crippen LogP contribution in [0.1, 0.15) is 12.5 Å². The molecule has 0 spiro atoms. The Morgan fingerprint density at radius 3 is 2.74 bits per heavy atom. The van der Waals surface area contributed by atoms with Crippen LogP contribution in [0, 0.1) is 0 Å². The van der Waals surface area contributed by atoms with E-state index in [2.05, 4.69) is 22.2 Å². The molecule has 0 radical (unpaired) electrons. The quantitative estimate of drug-likeness (QED) is 0.571. The van der Waals surface area contributed by atoms with Gasteiger partial charge in [0.1, 0.15) is 11.4 Å². The first-order valence-electron chi connectivity index (χ1n) is 7.48. The van der Waals surface area contributed by atoms with Crippen LogP contribution in [-0.4, -0.2) is 21.6 Å². The Balaban J connectivity index is 1.69. The van der Waals surface area contributed by atoms with Crippen LogP contribution in [0.25, 0.3) is 10.9 Å². The van der Waals surface area contributed by atoms with E-state index in [1.807, 2.05) is 48.5 Å². The zero-order valence-corrected chi connectivity index (χ0v) is 13.6. The summed E-state index contributed by atoms with van der Waals surface area (Å²) < 4.78 is 0. The summed E-state index contributed by atoms with van der Waals surface area (Å²) in [6.45, 7) is 2.08. The number of benzene rings is 2. The molecule has 0 aliphatic rings. The lowest BCUT2D eigenvalue weighted by Gasteiger charge is -2.09. The highest BCUT2D eigenvalue weighted by molar-refractivity contribution is 8.00. The molecule has 0 aliphatic carbocycles. The number of anilines is 1. The maximum atomic E-state index is 12.2. The van der Waals surface area contributed by atoms with E-state index in [4.69, 9.17) is 0 Å². The molecule has 1 N–H and O–H groups in total. The van der Waals surface area contributed by atoms with Crippen molar-refractivity contribution < 1.29 is 4.79 Å². The zero-order valence-electron chi connectivity index (χ0n) is 12.8. The summed E-state index contributed by atoms with van der Waals surface area (Å²) in [5.41, 5.74) is 2.91. The summed E-state index contributed by atoms with van der Waals surface area (Å²) in [7, 11) is 0. The third kappa shape index (κ3) is 3.68. The van der Waals surface area contributed by atoms with E-state index >= 15 is 0 Å². The SMILES string of the molecule is CCc1ccccc1NC(=O)CSc1ncnc2ccccc12. The Labute approximate surface area is 139 Å². The molecule has 5 heteroatoms. The van der Waals surface area contributed by atoms with Crippen molar-refractivity contribution in [2.24, 2.45) is 0 Å². The van der Waals surface area contributed by atoms with Crippen molar-refractivity contribution in [3.63, 3.8) is 0 Å². The summed E-state index contributed by atoms with van der Waals surface area (Å²) >= 11 is 1.43. The van der Waals surface area contributed by atoms with Gasteiger partial charge in [-0.15, -0.1) is 0 Å². The molecule has 1 aromatic heterocycles. The second kappa shape index (κ2) is 7.24. The van der Waals surface area contributed by atoms with Crippen molar-refractivity contribution in [3.8, 4) is 0 Å². The predicted molar refractivity (Wildman–Crippen MR) is 94.7 cm³/mol. The molecule has 4 nitrogen and oxygen atoms in total. The highest BCUT2D eigenvalue weighted by atomic mass is 32.2. The van der Waals surface area contributed by atoms with Gasteiger partial charge >= 0.3 is 0 Å². The van der Waals surface area contributed by atoms with E-state index in [0.29, 0.717) is 5.75 Å². The van der Waals surface area contributed by atoms with Gasteiger partial charge in [0.2, 0.25) is 5.91 Å². The van der Waals surface area contributed by atoms with E-state index in [1.165, 1.54) is 18.1 Å². The number of carbonyl (C=O) groups excluding carboxylic acids is 1. The minimum Gasteiger partial charge on any atom is -0.325 e. The second-order valence-corrected chi connectivity index (χ2v) is 6.01. The Bertz CT molecular complexity index is 830. The summed E-state index contributed by atoms with van der Waals surface area (Å²) in [5, 5.41) is 4.78. The van der Waals surface area contributed by atoms with Gasteiger partial charge in [0.25, 0.3) is 0 Å². The number of para-hydroxylation sites is 2. The van der Waals surface area contributed by atoms with Crippen LogP contribution in [0.15, 0.2) is 59.9 Å². The largest absolute Gasteiger partial charge is 0.325 e. The number of hydrogen-bond donors (Lipinski definition) is 1. The second-order valence-electron chi connectivity index (χ2n) is 5.04. The average Bonchev–Trinajstić information content (AvgIpc) is 2.60. The fourth-order valence-electron chi connectivity index (χ4n) is 2.37. The Hall–Kier alpha value is -2.40. The van der Waals surface area contributed by atoms with Crippen molar-refractivity contribution in [1.82, 2.24) is 9.97 Å². The number of thioether (sulfide) groups is 1. The van der Waals surface area contributed by atoms with Crippen LogP contribution in [0.3, 0.4) is 0 Å². The summed E-state index contributed by atoms with van der Waals surface area (Å²) in [4.78, 5) is 20.7. The van der Waals surface area contributed by atoms with Gasteiger partial charge in [-0.25, -0.2) is 9.97 Å². The number of aryl methyl sites for hydroxylation is 1. The molecule has 0 atom stereocenters. The van der Waals surface area contributed by atoms with Crippen LogP contribution in [0.5, 0.6) is 0 Å². The summed E-state index contributed by atoms with van der Waals surface area (Å²) in [5.74, 6) is 0.289. The molecule has 0 saturated carbocycles. The average molecular weight is 323 g/mol. The normalized spacial score (nSPS) is 10.7. The fourth-order valence-corrected chi connectivity index (χ4v) is 3.16. The number of carbonyl (C=O) groups is 1. The predicted octanol–water partition coefficient (Wildman–Crippen LogP) is 3.92. The maximum Gasteiger partial charge on any atom is 0.234 e. The number of nitrogens with one attached hydrogen (secondary N) is 1. The summed E-state index contributed by atoms with van der Waals surface area (Å²) in [6, 6.07) is 15.7. The lowest BCUT2D eigenvalue weighted by molar-refractivity contribution is -0.113. The van der Waals surface area contributed by atoms with Crippen LogP contribution in [0.2, 0.25) is 0 Å². The highest BCUT2D eigenvalue weighted by Gasteiger charge is 2.09. The third-order valence-electron chi connectivity index (χ3n) is 3.52. The van der Waals surface area contributed by atoms with Crippen LogP contribution >= 0.6 is 11.8 Å². The smallest absolute Gasteiger partial charge is 0.234 e. The molecule has 3 aromatic rings. The molecular weight excluding hydrogens is 306 g/mol. The van der Waals surface area contributed by atoms with Gasteiger partial charge < -0.3 is 5.32 Å². The summed E-state index contributed by atoms with van der Waals surface area (Å²) in [6.07, 6.45) is 2.43. The highest BCUT2D eigenvalue weighted by Crippen LogP contribution is 2.24. The van der Waals surface area contributed by atoms with E-state index < -0.39 is 0 Å². The van der Waals surface area contributed by atoms with Gasteiger partial charge in [0.15, 0.2) is 0 Å². The topological polar surface area (TPSA) is 54.9 Å². The minimum atomic E-state index is -0.0291. The number of hydrogen-bond acceptors (Lipinski definition) is 4.